The molecule has 1 rings (SSSR count). The van der Waals surface area contributed by atoms with Crippen LogP contribution in [0.4, 0.5) is 4.79 Å². The van der Waals surface area contributed by atoms with Crippen LogP contribution in [0.3, 0.4) is 0 Å². The first-order valence-electron chi connectivity index (χ1n) is 7.48. The van der Waals surface area contributed by atoms with Gasteiger partial charge in [-0.2, -0.15) is 0 Å². The van der Waals surface area contributed by atoms with Gasteiger partial charge in [-0.1, -0.05) is 20.8 Å². The number of hydrogen-bond acceptors (Lipinski definition) is 3. The Hall–Kier alpha value is -1.06. The molecule has 1 aliphatic rings. The smallest absolute Gasteiger partial charge is 0.410 e. The van der Waals surface area contributed by atoms with Crippen LogP contribution < -0.4 is 0 Å². The number of likely N-dealkylation sites (tertiary alicyclic amines) is 1. The number of nitrogens with zero attached hydrogens (tertiary/aromatic N) is 1. The van der Waals surface area contributed by atoms with Crippen molar-refractivity contribution in [2.45, 2.75) is 66.4 Å². The minimum atomic E-state index is -0.481. The second kappa shape index (κ2) is 6.15. The Bertz CT molecular complexity index is 363. The van der Waals surface area contributed by atoms with E-state index in [9.17, 15) is 9.59 Å². The summed E-state index contributed by atoms with van der Waals surface area (Å²) in [6.45, 7) is 13.1. The van der Waals surface area contributed by atoms with E-state index in [1.807, 2.05) is 20.8 Å². The monoisotopic (exact) mass is 283 g/mol. The summed E-state index contributed by atoms with van der Waals surface area (Å²) in [7, 11) is 0. The maximum atomic E-state index is 12.2. The molecule has 0 aromatic heterocycles. The molecule has 0 aromatic rings. The van der Waals surface area contributed by atoms with E-state index >= 15 is 0 Å². The van der Waals surface area contributed by atoms with Crippen LogP contribution in [0.2, 0.25) is 0 Å². The quantitative estimate of drug-likeness (QED) is 0.794. The Morgan fingerprint density at radius 1 is 1.15 bits per heavy atom. The molecule has 4 heteroatoms. The predicted molar refractivity (Wildman–Crippen MR) is 79.6 cm³/mol. The van der Waals surface area contributed by atoms with Gasteiger partial charge in [0.1, 0.15) is 11.4 Å². The molecule has 1 atom stereocenters. The van der Waals surface area contributed by atoms with Gasteiger partial charge in [0.2, 0.25) is 0 Å². The fourth-order valence-electron chi connectivity index (χ4n) is 2.22. The summed E-state index contributed by atoms with van der Waals surface area (Å²) in [6.07, 6.45) is 1.97. The van der Waals surface area contributed by atoms with Gasteiger partial charge in [-0.25, -0.2) is 4.79 Å². The minimum absolute atomic E-state index is 0.00938. The van der Waals surface area contributed by atoms with E-state index in [0.717, 1.165) is 12.8 Å². The van der Waals surface area contributed by atoms with Crippen LogP contribution >= 0.6 is 0 Å². The highest BCUT2D eigenvalue weighted by Gasteiger charge is 2.33. The molecular formula is C16H29NO3. The first-order chi connectivity index (χ1) is 8.98. The molecule has 4 nitrogen and oxygen atoms in total. The van der Waals surface area contributed by atoms with Crippen molar-refractivity contribution in [3.8, 4) is 0 Å². The van der Waals surface area contributed by atoms with E-state index in [-0.39, 0.29) is 23.2 Å². The zero-order chi connectivity index (χ0) is 15.6. The van der Waals surface area contributed by atoms with Crippen LogP contribution in [-0.2, 0) is 9.53 Å². The molecule has 1 saturated heterocycles. The van der Waals surface area contributed by atoms with Gasteiger partial charge in [-0.05, 0) is 39.0 Å². The lowest BCUT2D eigenvalue weighted by Gasteiger charge is -2.24. The molecule has 0 aliphatic carbocycles. The highest BCUT2D eigenvalue weighted by Crippen LogP contribution is 2.25. The minimum Gasteiger partial charge on any atom is -0.444 e. The number of hydrogen-bond donors (Lipinski definition) is 0. The zero-order valence-electron chi connectivity index (χ0n) is 13.8. The van der Waals surface area contributed by atoms with Gasteiger partial charge in [0.25, 0.3) is 0 Å². The molecule has 1 aliphatic heterocycles. The van der Waals surface area contributed by atoms with E-state index in [1.54, 1.807) is 4.90 Å². The van der Waals surface area contributed by atoms with Crippen molar-refractivity contribution >= 4 is 11.9 Å². The molecule has 0 radical (unpaired) electrons. The second-order valence-electron chi connectivity index (χ2n) is 7.94. The maximum Gasteiger partial charge on any atom is 0.410 e. The van der Waals surface area contributed by atoms with Crippen LogP contribution in [0.25, 0.3) is 0 Å². The van der Waals surface area contributed by atoms with Crippen molar-refractivity contribution < 1.29 is 14.3 Å². The Kier molecular flexibility index (Phi) is 5.22. The number of Topliss-reactive ketones (excluding diaryl/α,β-unsaturated/α-hetero) is 1. The van der Waals surface area contributed by atoms with Crippen molar-refractivity contribution in [1.29, 1.82) is 0 Å². The van der Waals surface area contributed by atoms with Crippen LogP contribution in [0, 0.1) is 11.3 Å². The summed E-state index contributed by atoms with van der Waals surface area (Å²) >= 11 is 0. The van der Waals surface area contributed by atoms with E-state index in [4.69, 9.17) is 4.74 Å². The molecule has 1 amide bonds. The first kappa shape index (κ1) is 17.0. The first-order valence-corrected chi connectivity index (χ1v) is 7.48. The summed E-state index contributed by atoms with van der Waals surface area (Å²) in [4.78, 5) is 25.8. The van der Waals surface area contributed by atoms with Gasteiger partial charge in [0, 0.05) is 25.4 Å². The molecule has 0 spiro atoms. The molecule has 0 bridgehead atoms. The van der Waals surface area contributed by atoms with Crippen molar-refractivity contribution in [3.05, 3.63) is 0 Å². The number of carbonyl (C=O) groups is 2. The van der Waals surface area contributed by atoms with Crippen molar-refractivity contribution in [3.63, 3.8) is 0 Å². The van der Waals surface area contributed by atoms with Gasteiger partial charge in [-0.15, -0.1) is 0 Å². The van der Waals surface area contributed by atoms with Gasteiger partial charge in [0.05, 0.1) is 0 Å². The van der Waals surface area contributed by atoms with E-state index in [0.29, 0.717) is 19.5 Å². The molecule has 116 valence electrons. The lowest BCUT2D eigenvalue weighted by atomic mass is 9.87. The van der Waals surface area contributed by atoms with Crippen molar-refractivity contribution in [2.75, 3.05) is 13.1 Å². The standard InChI is InChI=1S/C16H29NO3/c1-15(2,3)9-7-13(18)12-8-10-17(11-12)14(19)20-16(4,5)6/h12H,7-11H2,1-6H3. The third-order valence-corrected chi connectivity index (χ3v) is 3.42. The van der Waals surface area contributed by atoms with Crippen LogP contribution in [-0.4, -0.2) is 35.5 Å². The lowest BCUT2D eigenvalue weighted by molar-refractivity contribution is -0.123. The third-order valence-electron chi connectivity index (χ3n) is 3.42. The fraction of sp³-hybridized carbons (Fsp3) is 0.875. The average molecular weight is 283 g/mol. The molecule has 1 unspecified atom stereocenters. The molecule has 0 saturated carbocycles. The molecule has 1 heterocycles. The Morgan fingerprint density at radius 2 is 1.75 bits per heavy atom. The Balaban J connectivity index is 2.43. The molecular weight excluding hydrogens is 254 g/mol. The van der Waals surface area contributed by atoms with Gasteiger partial charge >= 0.3 is 6.09 Å². The molecule has 1 fully saturated rings. The lowest BCUT2D eigenvalue weighted by Crippen LogP contribution is -2.35. The largest absolute Gasteiger partial charge is 0.444 e. The molecule has 20 heavy (non-hydrogen) atoms. The van der Waals surface area contributed by atoms with E-state index in [1.165, 1.54) is 0 Å². The SMILES string of the molecule is CC(C)(C)CCC(=O)C1CCN(C(=O)OC(C)(C)C)C1. The zero-order valence-corrected chi connectivity index (χ0v) is 13.8. The van der Waals surface area contributed by atoms with Crippen molar-refractivity contribution in [2.24, 2.45) is 11.3 Å². The van der Waals surface area contributed by atoms with E-state index in [2.05, 4.69) is 20.8 Å². The Labute approximate surface area is 122 Å². The fourth-order valence-corrected chi connectivity index (χ4v) is 2.22. The molecule has 0 N–H and O–H groups in total. The topological polar surface area (TPSA) is 46.6 Å². The summed E-state index contributed by atoms with van der Waals surface area (Å²) in [5.41, 5.74) is -0.301. The summed E-state index contributed by atoms with van der Waals surface area (Å²) in [6, 6.07) is 0. The highest BCUT2D eigenvalue weighted by molar-refractivity contribution is 5.82. The number of rotatable bonds is 3. The normalized spacial score (nSPS) is 20.1. The summed E-state index contributed by atoms with van der Waals surface area (Å²) in [5, 5.41) is 0. The van der Waals surface area contributed by atoms with Gasteiger partial charge in [-0.3, -0.25) is 4.79 Å². The average Bonchev–Trinajstić information content (AvgIpc) is 2.71. The number of ketones is 1. The second-order valence-corrected chi connectivity index (χ2v) is 7.94. The highest BCUT2D eigenvalue weighted by atomic mass is 16.6. The van der Waals surface area contributed by atoms with E-state index < -0.39 is 5.60 Å². The number of carbonyl (C=O) groups excluding carboxylic acids is 2. The number of ether oxygens (including phenoxy) is 1. The van der Waals surface area contributed by atoms with Crippen LogP contribution in [0.15, 0.2) is 0 Å². The summed E-state index contributed by atoms with van der Waals surface area (Å²) in [5.74, 6) is 0.274. The van der Waals surface area contributed by atoms with Crippen LogP contribution in [0.1, 0.15) is 60.8 Å². The van der Waals surface area contributed by atoms with Crippen molar-refractivity contribution in [1.82, 2.24) is 4.90 Å². The summed E-state index contributed by atoms with van der Waals surface area (Å²) < 4.78 is 5.34. The van der Waals surface area contributed by atoms with Gasteiger partial charge in [0.15, 0.2) is 0 Å². The molecule has 0 aromatic carbocycles. The maximum absolute atomic E-state index is 12.2. The van der Waals surface area contributed by atoms with Gasteiger partial charge < -0.3 is 9.64 Å². The Morgan fingerprint density at radius 3 is 2.25 bits per heavy atom. The predicted octanol–water partition coefficient (Wildman–Crippen LogP) is 3.64. The number of amides is 1. The third kappa shape index (κ3) is 5.93. The van der Waals surface area contributed by atoms with Crippen LogP contribution in [0.5, 0.6) is 0 Å².